The molecule has 0 N–H and O–H groups in total. The van der Waals surface area contributed by atoms with Gasteiger partial charge in [-0.05, 0) is 24.0 Å². The zero-order chi connectivity index (χ0) is 20.6. The normalized spacial score (nSPS) is 18.8. The lowest BCUT2D eigenvalue weighted by atomic mass is 9.89. The molecule has 29 heavy (non-hydrogen) atoms. The van der Waals surface area contributed by atoms with Crippen molar-refractivity contribution in [3.63, 3.8) is 0 Å². The Hall–Kier alpha value is -2.27. The Kier molecular flexibility index (Phi) is 7.76. The molecule has 0 saturated carbocycles. The maximum Gasteiger partial charge on any atom is 0.329 e. The standard InChI is InChI=1S/C24H29NO3S/c1-3-5-16-28-24(27)20-17-29-21(4-2)25(20)23(26)22(18-12-8-6-9-13-18)19-14-10-7-11-15-19/h6-15,20-22H,3-5,16-17H2,1-2H3. The number of amides is 1. The Morgan fingerprint density at radius 3 is 2.14 bits per heavy atom. The molecule has 0 radical (unpaired) electrons. The van der Waals surface area contributed by atoms with Crippen LogP contribution < -0.4 is 0 Å². The summed E-state index contributed by atoms with van der Waals surface area (Å²) in [6, 6.07) is 19.1. The van der Waals surface area contributed by atoms with Gasteiger partial charge in [-0.1, -0.05) is 80.9 Å². The minimum Gasteiger partial charge on any atom is -0.464 e. The van der Waals surface area contributed by atoms with Crippen molar-refractivity contribution in [2.75, 3.05) is 12.4 Å². The molecule has 1 aliphatic heterocycles. The van der Waals surface area contributed by atoms with Gasteiger partial charge in [-0.25, -0.2) is 4.79 Å². The summed E-state index contributed by atoms with van der Waals surface area (Å²) in [6.45, 7) is 4.53. The van der Waals surface area contributed by atoms with Gasteiger partial charge in [0.15, 0.2) is 0 Å². The van der Waals surface area contributed by atoms with E-state index in [1.807, 2.05) is 60.7 Å². The van der Waals surface area contributed by atoms with Gasteiger partial charge in [0.1, 0.15) is 6.04 Å². The van der Waals surface area contributed by atoms with Gasteiger partial charge in [0.2, 0.25) is 5.91 Å². The second kappa shape index (κ2) is 10.5. The summed E-state index contributed by atoms with van der Waals surface area (Å²) >= 11 is 1.67. The molecule has 1 aliphatic rings. The maximum atomic E-state index is 13.9. The summed E-state index contributed by atoms with van der Waals surface area (Å²) < 4.78 is 5.48. The molecule has 1 saturated heterocycles. The van der Waals surface area contributed by atoms with Crippen LogP contribution >= 0.6 is 11.8 Å². The van der Waals surface area contributed by atoms with Crippen LogP contribution in [0, 0.1) is 0 Å². The monoisotopic (exact) mass is 411 g/mol. The van der Waals surface area contributed by atoms with Crippen LogP contribution in [0.25, 0.3) is 0 Å². The molecule has 2 unspecified atom stereocenters. The smallest absolute Gasteiger partial charge is 0.329 e. The van der Waals surface area contributed by atoms with Crippen LogP contribution in [0.3, 0.4) is 0 Å². The van der Waals surface area contributed by atoms with Crippen LogP contribution in [0.4, 0.5) is 0 Å². The van der Waals surface area contributed by atoms with Crippen LogP contribution in [-0.2, 0) is 14.3 Å². The number of rotatable bonds is 8. The van der Waals surface area contributed by atoms with Gasteiger partial charge in [-0.15, -0.1) is 11.8 Å². The number of carbonyl (C=O) groups excluding carboxylic acids is 2. The van der Waals surface area contributed by atoms with Crippen LogP contribution in [0.5, 0.6) is 0 Å². The predicted octanol–water partition coefficient (Wildman–Crippen LogP) is 4.84. The quantitative estimate of drug-likeness (QED) is 0.461. The van der Waals surface area contributed by atoms with Crippen LogP contribution in [0.15, 0.2) is 60.7 Å². The minimum atomic E-state index is -0.524. The number of esters is 1. The molecule has 2 atom stereocenters. The number of carbonyl (C=O) groups is 2. The Morgan fingerprint density at radius 2 is 1.62 bits per heavy atom. The zero-order valence-electron chi connectivity index (χ0n) is 17.1. The molecule has 1 amide bonds. The zero-order valence-corrected chi connectivity index (χ0v) is 17.9. The van der Waals surface area contributed by atoms with Crippen LogP contribution in [0.1, 0.15) is 50.2 Å². The highest BCUT2D eigenvalue weighted by atomic mass is 32.2. The van der Waals surface area contributed by atoms with Crippen molar-refractivity contribution in [1.29, 1.82) is 0 Å². The maximum absolute atomic E-state index is 13.9. The Labute approximate surface area is 177 Å². The van der Waals surface area contributed by atoms with E-state index < -0.39 is 12.0 Å². The van der Waals surface area contributed by atoms with Crippen molar-refractivity contribution in [3.8, 4) is 0 Å². The van der Waals surface area contributed by atoms with E-state index in [2.05, 4.69) is 13.8 Å². The van der Waals surface area contributed by atoms with Gasteiger partial charge in [0.05, 0.1) is 17.9 Å². The summed E-state index contributed by atoms with van der Waals surface area (Å²) in [4.78, 5) is 28.4. The van der Waals surface area contributed by atoms with E-state index in [9.17, 15) is 9.59 Å². The number of nitrogens with zero attached hydrogens (tertiary/aromatic N) is 1. The molecule has 2 aromatic carbocycles. The average molecular weight is 412 g/mol. The van der Waals surface area contributed by atoms with Crippen LogP contribution in [-0.4, -0.2) is 40.6 Å². The second-order valence-electron chi connectivity index (χ2n) is 7.23. The summed E-state index contributed by atoms with van der Waals surface area (Å²) in [7, 11) is 0. The van der Waals surface area contributed by atoms with Gasteiger partial charge >= 0.3 is 5.97 Å². The highest BCUT2D eigenvalue weighted by Crippen LogP contribution is 2.37. The number of hydrogen-bond acceptors (Lipinski definition) is 4. The van der Waals surface area contributed by atoms with Crippen molar-refractivity contribution in [2.24, 2.45) is 0 Å². The largest absolute Gasteiger partial charge is 0.464 e. The van der Waals surface area contributed by atoms with E-state index in [0.29, 0.717) is 12.4 Å². The van der Waals surface area contributed by atoms with E-state index in [4.69, 9.17) is 4.74 Å². The molecule has 0 bridgehead atoms. The van der Waals surface area contributed by atoms with Gasteiger partial charge in [0.25, 0.3) is 0 Å². The Morgan fingerprint density at radius 1 is 1.03 bits per heavy atom. The minimum absolute atomic E-state index is 0.0128. The SMILES string of the molecule is CCCCOC(=O)C1CSC(CC)N1C(=O)C(c1ccccc1)c1ccccc1. The predicted molar refractivity (Wildman–Crippen MR) is 118 cm³/mol. The number of thioether (sulfide) groups is 1. The molecule has 5 heteroatoms. The molecule has 1 fully saturated rings. The fourth-order valence-corrected chi connectivity index (χ4v) is 5.03. The van der Waals surface area contributed by atoms with E-state index in [1.54, 1.807) is 16.7 Å². The first-order chi connectivity index (χ1) is 14.2. The molecule has 0 aliphatic carbocycles. The number of ether oxygens (including phenoxy) is 1. The molecule has 2 aromatic rings. The lowest BCUT2D eigenvalue weighted by Gasteiger charge is -2.31. The van der Waals surface area contributed by atoms with E-state index in [0.717, 1.165) is 30.4 Å². The number of unbranched alkanes of at least 4 members (excludes halogenated alkanes) is 1. The number of benzene rings is 2. The molecule has 1 heterocycles. The molecule has 3 rings (SSSR count). The van der Waals surface area contributed by atoms with Gasteiger partial charge < -0.3 is 9.64 Å². The second-order valence-corrected chi connectivity index (χ2v) is 8.44. The molecule has 154 valence electrons. The summed E-state index contributed by atoms with van der Waals surface area (Å²) in [5.41, 5.74) is 1.88. The lowest BCUT2D eigenvalue weighted by Crippen LogP contribution is -2.48. The first kappa shape index (κ1) is 21.4. The van der Waals surface area contributed by atoms with Gasteiger partial charge in [-0.2, -0.15) is 0 Å². The topological polar surface area (TPSA) is 46.6 Å². The summed E-state index contributed by atoms with van der Waals surface area (Å²) in [6.07, 6.45) is 2.61. The fourth-order valence-electron chi connectivity index (χ4n) is 3.69. The third-order valence-electron chi connectivity index (χ3n) is 5.22. The fraction of sp³-hybridized carbons (Fsp3) is 0.417. The van der Waals surface area contributed by atoms with E-state index in [-0.39, 0.29) is 17.3 Å². The first-order valence-corrected chi connectivity index (χ1v) is 11.4. The Bertz CT molecular complexity index is 757. The van der Waals surface area contributed by atoms with E-state index >= 15 is 0 Å². The van der Waals surface area contributed by atoms with E-state index in [1.165, 1.54) is 0 Å². The third-order valence-corrected chi connectivity index (χ3v) is 6.68. The van der Waals surface area contributed by atoms with Crippen molar-refractivity contribution in [2.45, 2.75) is 50.4 Å². The molecular weight excluding hydrogens is 382 g/mol. The number of hydrogen-bond donors (Lipinski definition) is 0. The average Bonchev–Trinajstić information content (AvgIpc) is 3.20. The Balaban J connectivity index is 1.92. The van der Waals surface area contributed by atoms with Gasteiger partial charge in [0, 0.05) is 5.75 Å². The van der Waals surface area contributed by atoms with Crippen LogP contribution in [0.2, 0.25) is 0 Å². The molecule has 0 aromatic heterocycles. The van der Waals surface area contributed by atoms with Crippen molar-refractivity contribution >= 4 is 23.6 Å². The third kappa shape index (κ3) is 5.02. The molecular formula is C24H29NO3S. The highest BCUT2D eigenvalue weighted by molar-refractivity contribution is 8.00. The summed E-state index contributed by atoms with van der Waals surface area (Å²) in [5, 5.41) is -0.0128. The van der Waals surface area contributed by atoms with Crippen molar-refractivity contribution in [1.82, 2.24) is 4.90 Å². The molecule has 4 nitrogen and oxygen atoms in total. The summed E-state index contributed by atoms with van der Waals surface area (Å²) in [5.74, 6) is -0.159. The lowest BCUT2D eigenvalue weighted by molar-refractivity contribution is -0.154. The highest BCUT2D eigenvalue weighted by Gasteiger charge is 2.44. The molecule has 0 spiro atoms. The van der Waals surface area contributed by atoms with Crippen molar-refractivity contribution in [3.05, 3.63) is 71.8 Å². The first-order valence-electron chi connectivity index (χ1n) is 10.4. The van der Waals surface area contributed by atoms with Crippen molar-refractivity contribution < 1.29 is 14.3 Å². The van der Waals surface area contributed by atoms with Gasteiger partial charge in [-0.3, -0.25) is 4.79 Å².